The van der Waals surface area contributed by atoms with Crippen LogP contribution in [0.4, 0.5) is 5.82 Å². The summed E-state index contributed by atoms with van der Waals surface area (Å²) in [5, 5.41) is 3.08. The van der Waals surface area contributed by atoms with Gasteiger partial charge in [-0.05, 0) is 56.4 Å². The van der Waals surface area contributed by atoms with Crippen molar-refractivity contribution in [2.24, 2.45) is 0 Å². The molecule has 0 unspecified atom stereocenters. The molecule has 1 saturated heterocycles. The van der Waals surface area contributed by atoms with Crippen LogP contribution in [-0.4, -0.2) is 35.4 Å². The molecular formula is C20H25N3O. The van der Waals surface area contributed by atoms with Gasteiger partial charge in [0, 0.05) is 30.9 Å². The Morgan fingerprint density at radius 3 is 2.79 bits per heavy atom. The van der Waals surface area contributed by atoms with Crippen molar-refractivity contribution in [1.82, 2.24) is 9.88 Å². The van der Waals surface area contributed by atoms with Crippen LogP contribution in [0.15, 0.2) is 48.5 Å². The van der Waals surface area contributed by atoms with Gasteiger partial charge in [-0.25, -0.2) is 4.98 Å². The number of carbonyl (C=O) groups excluding carboxylic acids is 1. The summed E-state index contributed by atoms with van der Waals surface area (Å²) in [4.78, 5) is 19.5. The number of rotatable bonds is 5. The summed E-state index contributed by atoms with van der Waals surface area (Å²) in [5.74, 6) is 1.06. The number of amides is 1. The van der Waals surface area contributed by atoms with Gasteiger partial charge in [0.1, 0.15) is 5.82 Å². The summed E-state index contributed by atoms with van der Waals surface area (Å²) < 4.78 is 0. The fourth-order valence-corrected chi connectivity index (χ4v) is 3.39. The lowest BCUT2D eigenvalue weighted by Crippen LogP contribution is -2.44. The van der Waals surface area contributed by atoms with Crippen LogP contribution in [0.5, 0.6) is 0 Å². The van der Waals surface area contributed by atoms with Crippen molar-refractivity contribution in [3.8, 4) is 0 Å². The second-order valence-electron chi connectivity index (χ2n) is 6.32. The molecule has 0 radical (unpaired) electrons. The molecule has 0 bridgehead atoms. The van der Waals surface area contributed by atoms with E-state index < -0.39 is 0 Å². The van der Waals surface area contributed by atoms with Gasteiger partial charge < -0.3 is 10.2 Å². The predicted octanol–water partition coefficient (Wildman–Crippen LogP) is 3.75. The van der Waals surface area contributed by atoms with E-state index in [-0.39, 0.29) is 5.91 Å². The summed E-state index contributed by atoms with van der Waals surface area (Å²) >= 11 is 0. The van der Waals surface area contributed by atoms with Gasteiger partial charge in [0.15, 0.2) is 0 Å². The molecule has 3 rings (SSSR count). The number of nitrogens with one attached hydrogen (secondary N) is 1. The molecule has 2 aromatic rings. The van der Waals surface area contributed by atoms with Gasteiger partial charge in [0.2, 0.25) is 0 Å². The standard InChI is InChI=1S/C20H25N3O/c1-21-19-12-7-10-17(22-19)13-14-18-11-5-6-15-23(18)20(24)16-8-3-2-4-9-16/h2-4,7-10,12,18H,5-6,11,13-15H2,1H3,(H,21,22)/t18-/m1/s1. The highest BCUT2D eigenvalue weighted by molar-refractivity contribution is 5.94. The van der Waals surface area contributed by atoms with Gasteiger partial charge in [-0.1, -0.05) is 24.3 Å². The number of pyridine rings is 1. The lowest BCUT2D eigenvalue weighted by atomic mass is 9.96. The van der Waals surface area contributed by atoms with Crippen molar-refractivity contribution >= 4 is 11.7 Å². The third kappa shape index (κ3) is 3.94. The Kier molecular flexibility index (Phi) is 5.47. The molecule has 0 aliphatic carbocycles. The van der Waals surface area contributed by atoms with Crippen LogP contribution in [0.2, 0.25) is 0 Å². The zero-order valence-electron chi connectivity index (χ0n) is 14.2. The number of hydrogen-bond acceptors (Lipinski definition) is 3. The molecule has 0 spiro atoms. The van der Waals surface area contributed by atoms with E-state index in [1.807, 2.05) is 49.5 Å². The Bertz CT molecular complexity index is 672. The van der Waals surface area contributed by atoms with Crippen LogP contribution in [-0.2, 0) is 6.42 Å². The topological polar surface area (TPSA) is 45.2 Å². The second kappa shape index (κ2) is 7.95. The van der Waals surface area contributed by atoms with Crippen molar-refractivity contribution in [2.45, 2.75) is 38.1 Å². The molecule has 1 aliphatic rings. The number of benzene rings is 1. The number of piperidine rings is 1. The fraction of sp³-hybridized carbons (Fsp3) is 0.400. The first-order valence-electron chi connectivity index (χ1n) is 8.77. The first kappa shape index (κ1) is 16.5. The molecule has 1 aromatic heterocycles. The maximum absolute atomic E-state index is 12.8. The van der Waals surface area contributed by atoms with Gasteiger partial charge in [-0.2, -0.15) is 0 Å². The molecular weight excluding hydrogens is 298 g/mol. The number of likely N-dealkylation sites (tertiary alicyclic amines) is 1. The number of aryl methyl sites for hydroxylation is 1. The van der Waals surface area contributed by atoms with Crippen LogP contribution in [0, 0.1) is 0 Å². The number of nitrogens with zero attached hydrogens (tertiary/aromatic N) is 2. The normalized spacial score (nSPS) is 17.5. The quantitative estimate of drug-likeness (QED) is 0.911. The highest BCUT2D eigenvalue weighted by Crippen LogP contribution is 2.23. The largest absolute Gasteiger partial charge is 0.373 e. The van der Waals surface area contributed by atoms with Gasteiger partial charge in [-0.15, -0.1) is 0 Å². The maximum Gasteiger partial charge on any atom is 0.254 e. The molecule has 0 saturated carbocycles. The first-order valence-corrected chi connectivity index (χ1v) is 8.77. The van der Waals surface area contributed by atoms with Gasteiger partial charge >= 0.3 is 0 Å². The minimum Gasteiger partial charge on any atom is -0.373 e. The molecule has 1 amide bonds. The Morgan fingerprint density at radius 1 is 1.17 bits per heavy atom. The number of hydrogen-bond donors (Lipinski definition) is 1. The fourth-order valence-electron chi connectivity index (χ4n) is 3.39. The molecule has 126 valence electrons. The van der Waals surface area contributed by atoms with Crippen LogP contribution in [0.1, 0.15) is 41.7 Å². The zero-order chi connectivity index (χ0) is 16.8. The highest BCUT2D eigenvalue weighted by atomic mass is 16.2. The average Bonchev–Trinajstić information content (AvgIpc) is 2.67. The summed E-state index contributed by atoms with van der Waals surface area (Å²) in [6, 6.07) is 16.0. The smallest absolute Gasteiger partial charge is 0.254 e. The minimum absolute atomic E-state index is 0.164. The summed E-state index contributed by atoms with van der Waals surface area (Å²) in [5.41, 5.74) is 1.87. The third-order valence-corrected chi connectivity index (χ3v) is 4.71. The van der Waals surface area contributed by atoms with E-state index in [4.69, 9.17) is 0 Å². The average molecular weight is 323 g/mol. The van der Waals surface area contributed by atoms with Crippen LogP contribution in [0.25, 0.3) is 0 Å². The van der Waals surface area contributed by atoms with Gasteiger partial charge in [0.25, 0.3) is 5.91 Å². The highest BCUT2D eigenvalue weighted by Gasteiger charge is 2.27. The van der Waals surface area contributed by atoms with E-state index in [2.05, 4.69) is 21.3 Å². The van der Waals surface area contributed by atoms with Crippen molar-refractivity contribution in [2.75, 3.05) is 18.9 Å². The van der Waals surface area contributed by atoms with Crippen LogP contribution < -0.4 is 5.32 Å². The Labute approximate surface area is 143 Å². The lowest BCUT2D eigenvalue weighted by Gasteiger charge is -2.36. The number of anilines is 1. The molecule has 4 nitrogen and oxygen atoms in total. The number of carbonyl (C=O) groups is 1. The minimum atomic E-state index is 0.164. The SMILES string of the molecule is CNc1cccc(CC[C@H]2CCCCN2C(=O)c2ccccc2)n1. The van der Waals surface area contributed by atoms with E-state index in [1.54, 1.807) is 0 Å². The molecule has 2 heterocycles. The maximum atomic E-state index is 12.8. The molecule has 4 heteroatoms. The zero-order valence-corrected chi connectivity index (χ0v) is 14.2. The molecule has 1 N–H and O–H groups in total. The molecule has 1 aliphatic heterocycles. The van der Waals surface area contributed by atoms with Crippen LogP contribution in [0.3, 0.4) is 0 Å². The summed E-state index contributed by atoms with van der Waals surface area (Å²) in [6.45, 7) is 0.863. The monoisotopic (exact) mass is 323 g/mol. The second-order valence-corrected chi connectivity index (χ2v) is 6.32. The van der Waals surface area contributed by atoms with E-state index in [9.17, 15) is 4.79 Å². The molecule has 1 aromatic carbocycles. The van der Waals surface area contributed by atoms with E-state index >= 15 is 0 Å². The van der Waals surface area contributed by atoms with Crippen molar-refractivity contribution in [3.63, 3.8) is 0 Å². The Balaban J connectivity index is 1.67. The Hall–Kier alpha value is -2.36. The van der Waals surface area contributed by atoms with E-state index in [1.165, 1.54) is 6.42 Å². The van der Waals surface area contributed by atoms with Crippen molar-refractivity contribution in [1.29, 1.82) is 0 Å². The third-order valence-electron chi connectivity index (χ3n) is 4.71. The summed E-state index contributed by atoms with van der Waals surface area (Å²) in [6.07, 6.45) is 5.26. The van der Waals surface area contributed by atoms with Gasteiger partial charge in [0.05, 0.1) is 0 Å². The predicted molar refractivity (Wildman–Crippen MR) is 97.2 cm³/mol. The van der Waals surface area contributed by atoms with Crippen molar-refractivity contribution < 1.29 is 4.79 Å². The first-order chi connectivity index (χ1) is 11.8. The lowest BCUT2D eigenvalue weighted by molar-refractivity contribution is 0.0601. The molecule has 1 atom stereocenters. The summed E-state index contributed by atoms with van der Waals surface area (Å²) in [7, 11) is 1.88. The molecule has 1 fully saturated rings. The van der Waals surface area contributed by atoms with Crippen molar-refractivity contribution in [3.05, 3.63) is 59.8 Å². The van der Waals surface area contributed by atoms with E-state index in [0.29, 0.717) is 6.04 Å². The molecule has 24 heavy (non-hydrogen) atoms. The van der Waals surface area contributed by atoms with E-state index in [0.717, 1.165) is 49.3 Å². The van der Waals surface area contributed by atoms with Crippen LogP contribution >= 0.6 is 0 Å². The van der Waals surface area contributed by atoms with Gasteiger partial charge in [-0.3, -0.25) is 4.79 Å². The number of aromatic nitrogens is 1. The Morgan fingerprint density at radius 2 is 2.00 bits per heavy atom.